The van der Waals surface area contributed by atoms with Crippen LogP contribution in [-0.2, 0) is 17.8 Å². The number of benzene rings is 1. The van der Waals surface area contributed by atoms with E-state index in [9.17, 15) is 23.7 Å². The van der Waals surface area contributed by atoms with Gasteiger partial charge in [0.05, 0.1) is 19.2 Å². The summed E-state index contributed by atoms with van der Waals surface area (Å²) in [5.74, 6) is -1.82. The van der Waals surface area contributed by atoms with Gasteiger partial charge in [0, 0.05) is 18.3 Å². The number of ether oxygens (including phenoxy) is 1. The van der Waals surface area contributed by atoms with E-state index in [0.717, 1.165) is 5.56 Å². The van der Waals surface area contributed by atoms with Crippen molar-refractivity contribution in [2.45, 2.75) is 39.2 Å². The smallest absolute Gasteiger partial charge is 0.275 e. The Bertz CT molecular complexity index is 1130. The van der Waals surface area contributed by atoms with Crippen LogP contribution in [0.1, 0.15) is 38.9 Å². The lowest BCUT2D eigenvalue weighted by atomic mass is 10.1. The van der Waals surface area contributed by atoms with Crippen LogP contribution in [0.3, 0.4) is 0 Å². The molecule has 2 aromatic rings. The van der Waals surface area contributed by atoms with Crippen LogP contribution in [0.15, 0.2) is 34.4 Å². The molecule has 9 nitrogen and oxygen atoms in total. The number of rotatable bonds is 4. The van der Waals surface area contributed by atoms with Crippen LogP contribution >= 0.6 is 0 Å². The van der Waals surface area contributed by atoms with E-state index in [2.05, 4.69) is 10.5 Å². The minimum absolute atomic E-state index is 0.147. The van der Waals surface area contributed by atoms with Crippen molar-refractivity contribution < 1.29 is 18.7 Å². The molecule has 1 N–H and O–H groups in total. The molecular weight excluding hydrogens is 395 g/mol. The Kier molecular flexibility index (Phi) is 4.94. The number of carbonyl (C=O) groups is 2. The van der Waals surface area contributed by atoms with Crippen molar-refractivity contribution in [3.63, 3.8) is 0 Å². The van der Waals surface area contributed by atoms with Crippen LogP contribution in [0.2, 0.25) is 0 Å². The van der Waals surface area contributed by atoms with Crippen LogP contribution in [0, 0.1) is 17.6 Å². The van der Waals surface area contributed by atoms with E-state index in [0.29, 0.717) is 6.61 Å². The second kappa shape index (κ2) is 7.45. The lowest BCUT2D eigenvalue weighted by molar-refractivity contribution is 0.00689. The Balaban J connectivity index is 1.67. The number of nitroso groups, excluding NO2 is 1. The maximum absolute atomic E-state index is 14.0. The summed E-state index contributed by atoms with van der Waals surface area (Å²) in [6.07, 6.45) is 0.661. The van der Waals surface area contributed by atoms with Crippen molar-refractivity contribution in [2.75, 3.05) is 6.61 Å². The molecule has 0 aliphatic carbocycles. The summed E-state index contributed by atoms with van der Waals surface area (Å²) in [5, 5.41) is 5.22. The molecule has 30 heavy (non-hydrogen) atoms. The molecule has 3 heterocycles. The van der Waals surface area contributed by atoms with Gasteiger partial charge in [-0.15, -0.1) is 4.91 Å². The highest BCUT2D eigenvalue weighted by Crippen LogP contribution is 2.30. The van der Waals surface area contributed by atoms with Gasteiger partial charge in [-0.2, -0.15) is 0 Å². The highest BCUT2D eigenvalue weighted by atomic mass is 19.1. The Hall–Kier alpha value is -3.40. The number of carbonyl (C=O) groups excluding carboxylic acids is 2. The normalized spacial score (nSPS) is 20.0. The third-order valence-corrected chi connectivity index (χ3v) is 5.34. The summed E-state index contributed by atoms with van der Waals surface area (Å²) in [7, 11) is 0. The molecule has 0 radical (unpaired) electrons. The molecule has 1 saturated heterocycles. The van der Waals surface area contributed by atoms with Gasteiger partial charge < -0.3 is 19.5 Å². The van der Waals surface area contributed by atoms with Crippen molar-refractivity contribution in [3.8, 4) is 0 Å². The highest BCUT2D eigenvalue weighted by Gasteiger charge is 2.43. The molecule has 10 heteroatoms. The van der Waals surface area contributed by atoms with Gasteiger partial charge in [0.15, 0.2) is 11.9 Å². The second-order valence-electron chi connectivity index (χ2n) is 7.44. The predicted octanol–water partition coefficient (Wildman–Crippen LogP) is 1.82. The number of pyridine rings is 1. The van der Waals surface area contributed by atoms with Gasteiger partial charge in [0.2, 0.25) is 5.43 Å². The Labute approximate surface area is 170 Å². The first-order valence-corrected chi connectivity index (χ1v) is 9.40. The molecule has 2 atom stereocenters. The van der Waals surface area contributed by atoms with Crippen molar-refractivity contribution in [2.24, 2.45) is 5.18 Å². The van der Waals surface area contributed by atoms with E-state index < -0.39 is 35.0 Å². The number of fused-ring (bicyclic) bond motifs is 2. The van der Waals surface area contributed by atoms with Crippen molar-refractivity contribution in [3.05, 3.63) is 67.7 Å². The number of nitrogens with zero attached hydrogens (tertiary/aromatic N) is 3. The number of halogens is 1. The minimum atomic E-state index is -0.947. The number of aryl methyl sites for hydroxylation is 1. The maximum atomic E-state index is 14.0. The summed E-state index contributed by atoms with van der Waals surface area (Å²) in [6.45, 7) is 3.87. The molecule has 2 aliphatic heterocycles. The molecule has 1 fully saturated rings. The van der Waals surface area contributed by atoms with Crippen LogP contribution in [0.5, 0.6) is 0 Å². The van der Waals surface area contributed by atoms with Gasteiger partial charge >= 0.3 is 0 Å². The number of hydrogen-bond acceptors (Lipinski definition) is 6. The monoisotopic (exact) mass is 414 g/mol. The van der Waals surface area contributed by atoms with Gasteiger partial charge in [-0.1, -0.05) is 12.1 Å². The fourth-order valence-corrected chi connectivity index (χ4v) is 3.79. The average molecular weight is 414 g/mol. The Morgan fingerprint density at radius 2 is 2.13 bits per heavy atom. The average Bonchev–Trinajstić information content (AvgIpc) is 3.08. The molecule has 156 valence electrons. The maximum Gasteiger partial charge on any atom is 0.275 e. The third kappa shape index (κ3) is 3.18. The Morgan fingerprint density at radius 1 is 1.37 bits per heavy atom. The first kappa shape index (κ1) is 19.9. The van der Waals surface area contributed by atoms with Crippen LogP contribution in [0.4, 0.5) is 10.1 Å². The molecular formula is C20H19FN4O5. The molecule has 1 aromatic heterocycles. The second-order valence-corrected chi connectivity index (χ2v) is 7.44. The molecule has 1 aromatic carbocycles. The fourth-order valence-electron chi connectivity index (χ4n) is 3.79. The number of amides is 2. The molecule has 0 bridgehead atoms. The molecule has 2 amide bonds. The third-order valence-electron chi connectivity index (χ3n) is 5.34. The van der Waals surface area contributed by atoms with Gasteiger partial charge in [0.1, 0.15) is 17.1 Å². The molecule has 0 unspecified atom stereocenters. The van der Waals surface area contributed by atoms with Gasteiger partial charge in [-0.05, 0) is 30.7 Å². The SMILES string of the molecule is Cc1ccc(CNC(=O)c2cn3c(c(N=O)c2=O)C(=O)N2[C@@H](C)CO[C@@H]2C3)c(F)c1. The number of nitrogens with one attached hydrogen (secondary N) is 1. The molecule has 0 spiro atoms. The minimum Gasteiger partial charge on any atom is -0.354 e. The van der Waals surface area contributed by atoms with E-state index in [1.54, 1.807) is 19.9 Å². The quantitative estimate of drug-likeness (QED) is 0.768. The van der Waals surface area contributed by atoms with E-state index in [1.807, 2.05) is 0 Å². The summed E-state index contributed by atoms with van der Waals surface area (Å²) in [4.78, 5) is 51.0. The standard InChI is InChI=1S/C20H19FN4O5/c1-10-3-4-12(14(21)5-10)6-22-19(27)13-7-24-8-15-25(11(2)9-30-15)20(28)17(24)16(23-29)18(13)26/h3-5,7,11,15H,6,8-9H2,1-2H3,(H,22,27)/t11-,15+/m0/s1. The zero-order chi connectivity index (χ0) is 21.6. The number of hydrogen-bond donors (Lipinski definition) is 1. The van der Waals surface area contributed by atoms with E-state index >= 15 is 0 Å². The largest absolute Gasteiger partial charge is 0.354 e. The first-order chi connectivity index (χ1) is 14.3. The zero-order valence-electron chi connectivity index (χ0n) is 16.3. The van der Waals surface area contributed by atoms with Crippen molar-refractivity contribution in [1.82, 2.24) is 14.8 Å². The number of aromatic nitrogens is 1. The van der Waals surface area contributed by atoms with Crippen LogP contribution < -0.4 is 10.7 Å². The van der Waals surface area contributed by atoms with E-state index in [-0.39, 0.29) is 36.0 Å². The van der Waals surface area contributed by atoms with Gasteiger partial charge in [-0.25, -0.2) is 4.39 Å². The van der Waals surface area contributed by atoms with Gasteiger partial charge in [0.25, 0.3) is 11.8 Å². The van der Waals surface area contributed by atoms with Crippen LogP contribution in [-0.4, -0.2) is 40.2 Å². The molecule has 2 aliphatic rings. The summed E-state index contributed by atoms with van der Waals surface area (Å²) in [5.41, 5.74) is -1.10. The summed E-state index contributed by atoms with van der Waals surface area (Å²) < 4.78 is 20.9. The fraction of sp³-hybridized carbons (Fsp3) is 0.350. The Morgan fingerprint density at radius 3 is 2.83 bits per heavy atom. The first-order valence-electron chi connectivity index (χ1n) is 9.40. The summed E-state index contributed by atoms with van der Waals surface area (Å²) in [6, 6.07) is 4.36. The highest BCUT2D eigenvalue weighted by molar-refractivity contribution is 6.01. The van der Waals surface area contributed by atoms with E-state index in [1.165, 1.54) is 27.8 Å². The van der Waals surface area contributed by atoms with Crippen molar-refractivity contribution in [1.29, 1.82) is 0 Å². The lowest BCUT2D eigenvalue weighted by Gasteiger charge is -2.33. The zero-order valence-corrected chi connectivity index (χ0v) is 16.3. The topological polar surface area (TPSA) is 110 Å². The van der Waals surface area contributed by atoms with Gasteiger partial charge in [-0.3, -0.25) is 14.4 Å². The van der Waals surface area contributed by atoms with Crippen LogP contribution in [0.25, 0.3) is 0 Å². The predicted molar refractivity (Wildman–Crippen MR) is 104 cm³/mol. The molecule has 0 saturated carbocycles. The van der Waals surface area contributed by atoms with Crippen molar-refractivity contribution >= 4 is 17.5 Å². The summed E-state index contributed by atoms with van der Waals surface area (Å²) >= 11 is 0. The lowest BCUT2D eigenvalue weighted by Crippen LogP contribution is -2.49. The van der Waals surface area contributed by atoms with E-state index in [4.69, 9.17) is 4.74 Å². The molecule has 4 rings (SSSR count).